The van der Waals surface area contributed by atoms with Gasteiger partial charge in [0, 0.05) is 0 Å². The first-order chi connectivity index (χ1) is 8.10. The number of rotatable bonds is 6. The molecule has 1 rings (SSSR count). The number of hydrogen-bond acceptors (Lipinski definition) is 3. The van der Waals surface area contributed by atoms with E-state index in [0.717, 1.165) is 18.4 Å². The molecule has 0 saturated heterocycles. The zero-order valence-corrected chi connectivity index (χ0v) is 10.8. The van der Waals surface area contributed by atoms with Crippen LogP contribution >= 0.6 is 11.3 Å². The van der Waals surface area contributed by atoms with Crippen LogP contribution < -0.4 is 5.32 Å². The Morgan fingerprint density at radius 3 is 2.71 bits per heavy atom. The van der Waals surface area contributed by atoms with Gasteiger partial charge >= 0.3 is 5.97 Å². The Balaban J connectivity index is 2.73. The Labute approximate surface area is 105 Å². The number of aryl methyl sites for hydroxylation is 1. The first-order valence-corrected chi connectivity index (χ1v) is 6.58. The SMILES string of the molecule is CCCC(NC(=O)c1sccc1CC)C(=O)O. The monoisotopic (exact) mass is 255 g/mol. The molecule has 0 aliphatic heterocycles. The van der Waals surface area contributed by atoms with Gasteiger partial charge in [0.15, 0.2) is 0 Å². The van der Waals surface area contributed by atoms with Crippen LogP contribution in [0.15, 0.2) is 11.4 Å². The number of amides is 1. The van der Waals surface area contributed by atoms with Gasteiger partial charge in [0.05, 0.1) is 4.88 Å². The van der Waals surface area contributed by atoms with Crippen molar-refractivity contribution in [2.24, 2.45) is 0 Å². The first-order valence-electron chi connectivity index (χ1n) is 5.70. The molecule has 0 aliphatic rings. The van der Waals surface area contributed by atoms with Crippen molar-refractivity contribution in [3.05, 3.63) is 21.9 Å². The number of carbonyl (C=O) groups is 2. The topological polar surface area (TPSA) is 66.4 Å². The highest BCUT2D eigenvalue weighted by Gasteiger charge is 2.21. The second-order valence-electron chi connectivity index (χ2n) is 3.78. The molecule has 1 heterocycles. The average molecular weight is 255 g/mol. The summed E-state index contributed by atoms with van der Waals surface area (Å²) in [6.45, 7) is 3.87. The molecule has 0 aliphatic carbocycles. The average Bonchev–Trinajstić information content (AvgIpc) is 2.76. The molecule has 0 bridgehead atoms. The Morgan fingerprint density at radius 2 is 2.18 bits per heavy atom. The van der Waals surface area contributed by atoms with Crippen LogP contribution in [0.25, 0.3) is 0 Å². The number of aliphatic carboxylic acids is 1. The second kappa shape index (κ2) is 6.39. The largest absolute Gasteiger partial charge is 0.480 e. The lowest BCUT2D eigenvalue weighted by Gasteiger charge is -2.13. The minimum absolute atomic E-state index is 0.280. The Hall–Kier alpha value is -1.36. The number of carbonyl (C=O) groups excluding carboxylic acids is 1. The number of hydrogen-bond donors (Lipinski definition) is 2. The van der Waals surface area contributed by atoms with Crippen LogP contribution in [-0.4, -0.2) is 23.0 Å². The van der Waals surface area contributed by atoms with Crippen molar-refractivity contribution in [1.82, 2.24) is 5.32 Å². The van der Waals surface area contributed by atoms with Gasteiger partial charge in [0.2, 0.25) is 0 Å². The summed E-state index contributed by atoms with van der Waals surface area (Å²) in [5, 5.41) is 13.4. The van der Waals surface area contributed by atoms with E-state index >= 15 is 0 Å². The van der Waals surface area contributed by atoms with Crippen LogP contribution in [0.5, 0.6) is 0 Å². The Morgan fingerprint density at radius 1 is 1.47 bits per heavy atom. The molecule has 0 saturated carbocycles. The smallest absolute Gasteiger partial charge is 0.326 e. The molecule has 17 heavy (non-hydrogen) atoms. The maximum absolute atomic E-state index is 11.9. The highest BCUT2D eigenvalue weighted by molar-refractivity contribution is 7.12. The molecule has 0 radical (unpaired) electrons. The van der Waals surface area contributed by atoms with Gasteiger partial charge in [-0.2, -0.15) is 0 Å². The fourth-order valence-corrected chi connectivity index (χ4v) is 2.48. The Bertz CT molecular complexity index is 400. The van der Waals surface area contributed by atoms with Gasteiger partial charge in [-0.3, -0.25) is 4.79 Å². The number of thiophene rings is 1. The fraction of sp³-hybridized carbons (Fsp3) is 0.500. The van der Waals surface area contributed by atoms with Gasteiger partial charge in [-0.15, -0.1) is 11.3 Å². The summed E-state index contributed by atoms with van der Waals surface area (Å²) in [5.41, 5.74) is 0.966. The summed E-state index contributed by atoms with van der Waals surface area (Å²) >= 11 is 1.35. The van der Waals surface area contributed by atoms with Gasteiger partial charge in [0.1, 0.15) is 6.04 Å². The summed E-state index contributed by atoms with van der Waals surface area (Å²) in [4.78, 5) is 23.5. The van der Waals surface area contributed by atoms with E-state index < -0.39 is 12.0 Å². The van der Waals surface area contributed by atoms with Gasteiger partial charge in [-0.25, -0.2) is 4.79 Å². The van der Waals surface area contributed by atoms with Crippen molar-refractivity contribution in [2.45, 2.75) is 39.2 Å². The van der Waals surface area contributed by atoms with Crippen molar-refractivity contribution in [3.8, 4) is 0 Å². The molecule has 1 unspecified atom stereocenters. The summed E-state index contributed by atoms with van der Waals surface area (Å²) in [7, 11) is 0. The molecule has 1 amide bonds. The minimum Gasteiger partial charge on any atom is -0.480 e. The molecular formula is C12H17NO3S. The third-order valence-corrected chi connectivity index (χ3v) is 3.47. The van der Waals surface area contributed by atoms with E-state index in [1.165, 1.54) is 11.3 Å². The quantitative estimate of drug-likeness (QED) is 0.819. The highest BCUT2D eigenvalue weighted by atomic mass is 32.1. The lowest BCUT2D eigenvalue weighted by Crippen LogP contribution is -2.40. The standard InChI is InChI=1S/C12H17NO3S/c1-3-5-9(12(15)16)13-11(14)10-8(4-2)6-7-17-10/h6-7,9H,3-5H2,1-2H3,(H,13,14)(H,15,16). The van der Waals surface area contributed by atoms with Crippen LogP contribution in [-0.2, 0) is 11.2 Å². The summed E-state index contributed by atoms with van der Waals surface area (Å²) in [6, 6.07) is 1.11. The van der Waals surface area contributed by atoms with Crippen LogP contribution in [0.2, 0.25) is 0 Å². The summed E-state index contributed by atoms with van der Waals surface area (Å²) in [5.74, 6) is -1.26. The molecule has 1 aromatic rings. The van der Waals surface area contributed by atoms with E-state index in [2.05, 4.69) is 5.32 Å². The zero-order chi connectivity index (χ0) is 12.8. The molecular weight excluding hydrogens is 238 g/mol. The van der Waals surface area contributed by atoms with Crippen molar-refractivity contribution in [1.29, 1.82) is 0 Å². The number of carboxylic acid groups (broad SMARTS) is 1. The molecule has 4 nitrogen and oxygen atoms in total. The van der Waals surface area contributed by atoms with Crippen molar-refractivity contribution in [3.63, 3.8) is 0 Å². The third kappa shape index (κ3) is 3.56. The van der Waals surface area contributed by atoms with Gasteiger partial charge in [0.25, 0.3) is 5.91 Å². The van der Waals surface area contributed by atoms with Gasteiger partial charge in [-0.05, 0) is 29.9 Å². The third-order valence-electron chi connectivity index (χ3n) is 2.51. The molecule has 1 atom stereocenters. The first kappa shape index (κ1) is 13.7. The maximum Gasteiger partial charge on any atom is 0.326 e. The molecule has 1 aromatic heterocycles. The fourth-order valence-electron chi connectivity index (χ4n) is 1.58. The molecule has 0 aromatic carbocycles. The van der Waals surface area contributed by atoms with E-state index in [4.69, 9.17) is 5.11 Å². The maximum atomic E-state index is 11.9. The van der Waals surface area contributed by atoms with E-state index in [1.807, 2.05) is 25.3 Å². The highest BCUT2D eigenvalue weighted by Crippen LogP contribution is 2.17. The number of carboxylic acids is 1. The van der Waals surface area contributed by atoms with E-state index in [9.17, 15) is 9.59 Å². The van der Waals surface area contributed by atoms with Crippen LogP contribution in [0.4, 0.5) is 0 Å². The Kier molecular flexibility index (Phi) is 5.15. The zero-order valence-electron chi connectivity index (χ0n) is 10.0. The molecule has 0 spiro atoms. The molecule has 94 valence electrons. The van der Waals surface area contributed by atoms with Crippen molar-refractivity contribution in [2.75, 3.05) is 0 Å². The molecule has 2 N–H and O–H groups in total. The van der Waals surface area contributed by atoms with E-state index in [0.29, 0.717) is 11.3 Å². The van der Waals surface area contributed by atoms with Crippen molar-refractivity contribution >= 4 is 23.2 Å². The number of nitrogens with one attached hydrogen (secondary N) is 1. The molecule has 5 heteroatoms. The summed E-state index contributed by atoms with van der Waals surface area (Å²) in [6.07, 6.45) is 1.95. The predicted molar refractivity (Wildman–Crippen MR) is 67.5 cm³/mol. The minimum atomic E-state index is -0.977. The normalized spacial score (nSPS) is 12.1. The lowest BCUT2D eigenvalue weighted by atomic mass is 10.1. The predicted octanol–water partition coefficient (Wildman–Crippen LogP) is 2.29. The van der Waals surface area contributed by atoms with Crippen LogP contribution in [0.3, 0.4) is 0 Å². The summed E-state index contributed by atoms with van der Waals surface area (Å²) < 4.78 is 0. The van der Waals surface area contributed by atoms with Gasteiger partial charge in [-0.1, -0.05) is 20.3 Å². The lowest BCUT2D eigenvalue weighted by molar-refractivity contribution is -0.139. The van der Waals surface area contributed by atoms with E-state index in [1.54, 1.807) is 0 Å². The van der Waals surface area contributed by atoms with Gasteiger partial charge < -0.3 is 10.4 Å². The van der Waals surface area contributed by atoms with Crippen LogP contribution in [0.1, 0.15) is 41.9 Å². The molecule has 0 fully saturated rings. The van der Waals surface area contributed by atoms with E-state index in [-0.39, 0.29) is 5.91 Å². The second-order valence-corrected chi connectivity index (χ2v) is 4.70. The van der Waals surface area contributed by atoms with Crippen LogP contribution in [0, 0.1) is 0 Å². The van der Waals surface area contributed by atoms with Crippen molar-refractivity contribution < 1.29 is 14.7 Å².